The Morgan fingerprint density at radius 3 is 2.78 bits per heavy atom. The van der Waals surface area contributed by atoms with Gasteiger partial charge in [0.05, 0.1) is 21.6 Å². The van der Waals surface area contributed by atoms with Crippen LogP contribution in [0, 0.1) is 0 Å². The normalized spacial score (nSPS) is 11.2. The molecule has 18 heavy (non-hydrogen) atoms. The molecule has 0 saturated carbocycles. The van der Waals surface area contributed by atoms with Crippen molar-refractivity contribution in [2.24, 2.45) is 7.05 Å². The third-order valence-corrected chi connectivity index (χ3v) is 3.96. The van der Waals surface area contributed by atoms with Gasteiger partial charge in [-0.05, 0) is 18.6 Å². The Bertz CT molecular complexity index is 711. The van der Waals surface area contributed by atoms with E-state index in [0.29, 0.717) is 5.13 Å². The molecule has 1 aromatic carbocycles. The van der Waals surface area contributed by atoms with Crippen LogP contribution in [-0.2, 0) is 13.5 Å². The second-order valence-electron chi connectivity index (χ2n) is 4.16. The number of nitrogen functional groups attached to an aromatic ring is 1. The lowest BCUT2D eigenvalue weighted by Crippen LogP contribution is -1.93. The lowest BCUT2D eigenvalue weighted by molar-refractivity contribution is 0.953. The summed E-state index contributed by atoms with van der Waals surface area (Å²) in [6.07, 6.45) is 0.867. The standard InChI is InChI=1S/C13H14N4S/c1-3-8-11(18-13(14)16-8)12-15-9-6-4-5-7-10(9)17(12)2/h4-7H,3H2,1-2H3,(H2,14,16). The molecule has 2 N–H and O–H groups in total. The number of nitrogens with two attached hydrogens (primary N) is 1. The van der Waals surface area contributed by atoms with Crippen LogP contribution in [0.5, 0.6) is 0 Å². The zero-order valence-electron chi connectivity index (χ0n) is 10.3. The van der Waals surface area contributed by atoms with E-state index in [0.717, 1.165) is 33.8 Å². The summed E-state index contributed by atoms with van der Waals surface area (Å²) in [5.41, 5.74) is 8.96. The SMILES string of the molecule is CCc1nc(N)sc1-c1nc2ccccc2n1C. The number of para-hydroxylation sites is 2. The molecule has 3 aromatic rings. The summed E-state index contributed by atoms with van der Waals surface area (Å²) in [6, 6.07) is 8.12. The van der Waals surface area contributed by atoms with Crippen LogP contribution >= 0.6 is 11.3 Å². The van der Waals surface area contributed by atoms with Crippen molar-refractivity contribution in [2.75, 3.05) is 5.73 Å². The molecule has 0 saturated heterocycles. The Balaban J connectivity index is 2.28. The first kappa shape index (κ1) is 11.2. The molecule has 0 unspecified atom stereocenters. The smallest absolute Gasteiger partial charge is 0.180 e. The second-order valence-corrected chi connectivity index (χ2v) is 5.20. The lowest BCUT2D eigenvalue weighted by Gasteiger charge is -2.00. The minimum Gasteiger partial charge on any atom is -0.375 e. The van der Waals surface area contributed by atoms with Gasteiger partial charge in [0.25, 0.3) is 0 Å². The number of rotatable bonds is 2. The van der Waals surface area contributed by atoms with Crippen LogP contribution in [0.1, 0.15) is 12.6 Å². The van der Waals surface area contributed by atoms with E-state index in [2.05, 4.69) is 27.5 Å². The molecule has 0 amide bonds. The number of thiazole rings is 1. The average Bonchev–Trinajstić information content (AvgIpc) is 2.91. The zero-order valence-corrected chi connectivity index (χ0v) is 11.2. The Labute approximate surface area is 109 Å². The van der Waals surface area contributed by atoms with Crippen molar-refractivity contribution in [3.63, 3.8) is 0 Å². The maximum atomic E-state index is 5.81. The number of fused-ring (bicyclic) bond motifs is 1. The quantitative estimate of drug-likeness (QED) is 0.769. The fourth-order valence-corrected chi connectivity index (χ4v) is 3.08. The van der Waals surface area contributed by atoms with Crippen molar-refractivity contribution in [1.29, 1.82) is 0 Å². The van der Waals surface area contributed by atoms with Crippen LogP contribution in [0.15, 0.2) is 24.3 Å². The summed E-state index contributed by atoms with van der Waals surface area (Å²) in [5.74, 6) is 0.947. The van der Waals surface area contributed by atoms with Gasteiger partial charge in [-0.1, -0.05) is 30.4 Å². The predicted octanol–water partition coefficient (Wildman–Crippen LogP) is 2.84. The van der Waals surface area contributed by atoms with Crippen LogP contribution in [-0.4, -0.2) is 14.5 Å². The number of aromatic nitrogens is 3. The zero-order chi connectivity index (χ0) is 12.7. The molecule has 2 heterocycles. The fourth-order valence-electron chi connectivity index (χ4n) is 2.13. The van der Waals surface area contributed by atoms with Gasteiger partial charge in [0.2, 0.25) is 0 Å². The number of hydrogen-bond donors (Lipinski definition) is 1. The molecule has 3 rings (SSSR count). The summed E-state index contributed by atoms with van der Waals surface area (Å²) in [4.78, 5) is 10.1. The lowest BCUT2D eigenvalue weighted by atomic mass is 10.3. The Morgan fingerprint density at radius 2 is 2.06 bits per heavy atom. The second kappa shape index (κ2) is 4.10. The number of benzene rings is 1. The molecular formula is C13H14N4S. The number of hydrogen-bond acceptors (Lipinski definition) is 4. The number of nitrogens with zero attached hydrogens (tertiary/aromatic N) is 3. The molecule has 0 spiro atoms. The van der Waals surface area contributed by atoms with E-state index in [1.807, 2.05) is 25.2 Å². The van der Waals surface area contributed by atoms with Gasteiger partial charge in [0, 0.05) is 7.05 Å². The molecule has 0 fully saturated rings. The van der Waals surface area contributed by atoms with Crippen molar-refractivity contribution in [3.05, 3.63) is 30.0 Å². The highest BCUT2D eigenvalue weighted by Crippen LogP contribution is 2.32. The first-order chi connectivity index (χ1) is 8.70. The van der Waals surface area contributed by atoms with Crippen molar-refractivity contribution < 1.29 is 0 Å². The molecule has 0 atom stereocenters. The van der Waals surface area contributed by atoms with E-state index in [-0.39, 0.29) is 0 Å². The highest BCUT2D eigenvalue weighted by Gasteiger charge is 2.16. The fraction of sp³-hybridized carbons (Fsp3) is 0.231. The monoisotopic (exact) mass is 258 g/mol. The van der Waals surface area contributed by atoms with Gasteiger partial charge in [-0.25, -0.2) is 9.97 Å². The molecule has 92 valence electrons. The molecule has 0 aliphatic heterocycles. The molecule has 5 heteroatoms. The topological polar surface area (TPSA) is 56.7 Å². The summed E-state index contributed by atoms with van der Waals surface area (Å²) in [5, 5.41) is 0.605. The highest BCUT2D eigenvalue weighted by atomic mass is 32.1. The number of imidazole rings is 1. The van der Waals surface area contributed by atoms with E-state index < -0.39 is 0 Å². The maximum Gasteiger partial charge on any atom is 0.180 e. The molecule has 0 aliphatic rings. The summed E-state index contributed by atoms with van der Waals surface area (Å²) in [6.45, 7) is 2.08. The third kappa shape index (κ3) is 1.59. The van der Waals surface area contributed by atoms with Gasteiger partial charge in [-0.2, -0.15) is 0 Å². The molecular weight excluding hydrogens is 244 g/mol. The molecule has 4 nitrogen and oxygen atoms in total. The first-order valence-electron chi connectivity index (χ1n) is 5.87. The summed E-state index contributed by atoms with van der Waals surface area (Å²) >= 11 is 1.50. The van der Waals surface area contributed by atoms with E-state index in [1.54, 1.807) is 0 Å². The van der Waals surface area contributed by atoms with E-state index in [4.69, 9.17) is 5.73 Å². The van der Waals surface area contributed by atoms with Gasteiger partial charge in [0.1, 0.15) is 0 Å². The highest BCUT2D eigenvalue weighted by molar-refractivity contribution is 7.18. The van der Waals surface area contributed by atoms with Gasteiger partial charge < -0.3 is 10.3 Å². The van der Waals surface area contributed by atoms with E-state index in [1.165, 1.54) is 11.3 Å². The van der Waals surface area contributed by atoms with Crippen LogP contribution in [0.3, 0.4) is 0 Å². The Kier molecular flexibility index (Phi) is 2.56. The van der Waals surface area contributed by atoms with Crippen molar-refractivity contribution in [1.82, 2.24) is 14.5 Å². The van der Waals surface area contributed by atoms with E-state index in [9.17, 15) is 0 Å². The van der Waals surface area contributed by atoms with Crippen LogP contribution < -0.4 is 5.73 Å². The van der Waals surface area contributed by atoms with Crippen LogP contribution in [0.2, 0.25) is 0 Å². The Hall–Kier alpha value is -1.88. The van der Waals surface area contributed by atoms with Gasteiger partial charge in [-0.3, -0.25) is 0 Å². The molecule has 0 bridgehead atoms. The minimum absolute atomic E-state index is 0.605. The van der Waals surface area contributed by atoms with Crippen molar-refractivity contribution >= 4 is 27.5 Å². The number of anilines is 1. The number of aryl methyl sites for hydroxylation is 2. The largest absolute Gasteiger partial charge is 0.375 e. The molecule has 0 aliphatic carbocycles. The molecule has 2 aromatic heterocycles. The Morgan fingerprint density at radius 1 is 1.28 bits per heavy atom. The van der Waals surface area contributed by atoms with Crippen LogP contribution in [0.4, 0.5) is 5.13 Å². The van der Waals surface area contributed by atoms with Gasteiger partial charge in [0.15, 0.2) is 11.0 Å². The maximum absolute atomic E-state index is 5.81. The van der Waals surface area contributed by atoms with Crippen molar-refractivity contribution in [2.45, 2.75) is 13.3 Å². The van der Waals surface area contributed by atoms with Gasteiger partial charge in [-0.15, -0.1) is 0 Å². The minimum atomic E-state index is 0.605. The predicted molar refractivity (Wildman–Crippen MR) is 75.6 cm³/mol. The summed E-state index contributed by atoms with van der Waals surface area (Å²) in [7, 11) is 2.03. The third-order valence-electron chi connectivity index (χ3n) is 3.04. The van der Waals surface area contributed by atoms with Gasteiger partial charge >= 0.3 is 0 Å². The van der Waals surface area contributed by atoms with Crippen LogP contribution in [0.25, 0.3) is 21.7 Å². The summed E-state index contributed by atoms with van der Waals surface area (Å²) < 4.78 is 2.10. The average molecular weight is 258 g/mol. The van der Waals surface area contributed by atoms with Crippen molar-refractivity contribution in [3.8, 4) is 10.7 Å². The van der Waals surface area contributed by atoms with E-state index >= 15 is 0 Å². The first-order valence-corrected chi connectivity index (χ1v) is 6.69. The molecule has 0 radical (unpaired) electrons.